The fourth-order valence-corrected chi connectivity index (χ4v) is 5.95. The molecule has 3 amide bonds. The molecule has 5 rings (SSSR count). The van der Waals surface area contributed by atoms with Gasteiger partial charge in [0.1, 0.15) is 17.1 Å². The van der Waals surface area contributed by atoms with E-state index < -0.39 is 24.5 Å². The van der Waals surface area contributed by atoms with E-state index in [1.54, 1.807) is 18.2 Å². The first-order valence-electron chi connectivity index (χ1n) is 10.4. The molecule has 0 spiro atoms. The van der Waals surface area contributed by atoms with Gasteiger partial charge >= 0.3 is 12.0 Å². The van der Waals surface area contributed by atoms with Crippen LogP contribution in [0.25, 0.3) is 0 Å². The first-order chi connectivity index (χ1) is 14.4. The Morgan fingerprint density at radius 3 is 2.00 bits per heavy atom. The highest BCUT2D eigenvalue weighted by Gasteiger charge is 2.51. The van der Waals surface area contributed by atoms with Gasteiger partial charge < -0.3 is 19.5 Å². The van der Waals surface area contributed by atoms with E-state index in [9.17, 15) is 14.4 Å². The van der Waals surface area contributed by atoms with Gasteiger partial charge in [0.15, 0.2) is 6.61 Å². The number of amides is 3. The molecule has 0 heterocycles. The number of hydrogen-bond acceptors (Lipinski definition) is 6. The fraction of sp³-hybridized carbons (Fsp3) is 0.591. The lowest BCUT2D eigenvalue weighted by atomic mass is 9.53. The normalized spacial score (nSPS) is 28.5. The molecule has 0 aromatic heterocycles. The van der Waals surface area contributed by atoms with Gasteiger partial charge in [0.05, 0.1) is 14.2 Å². The third kappa shape index (κ3) is 4.08. The van der Waals surface area contributed by atoms with Crippen LogP contribution in [-0.4, -0.2) is 44.3 Å². The molecule has 30 heavy (non-hydrogen) atoms. The maximum absolute atomic E-state index is 12.4. The quantitative estimate of drug-likeness (QED) is 0.691. The molecule has 1 aromatic carbocycles. The summed E-state index contributed by atoms with van der Waals surface area (Å²) < 4.78 is 15.4. The monoisotopic (exact) mass is 416 g/mol. The smallest absolute Gasteiger partial charge is 0.346 e. The molecule has 4 saturated carbocycles. The van der Waals surface area contributed by atoms with Crippen molar-refractivity contribution in [2.45, 2.75) is 44.1 Å². The minimum absolute atomic E-state index is 0.0910. The largest absolute Gasteiger partial charge is 0.496 e. The highest BCUT2D eigenvalue weighted by Crippen LogP contribution is 2.55. The van der Waals surface area contributed by atoms with Crippen molar-refractivity contribution in [1.82, 2.24) is 10.6 Å². The summed E-state index contributed by atoms with van der Waals surface area (Å²) in [5.74, 6) is 1.16. The van der Waals surface area contributed by atoms with E-state index in [1.165, 1.54) is 33.5 Å². The summed E-state index contributed by atoms with van der Waals surface area (Å²) in [4.78, 5) is 37.0. The van der Waals surface area contributed by atoms with Crippen LogP contribution in [0.5, 0.6) is 11.5 Å². The van der Waals surface area contributed by atoms with Crippen molar-refractivity contribution in [2.75, 3.05) is 20.8 Å². The average molecular weight is 416 g/mol. The summed E-state index contributed by atoms with van der Waals surface area (Å²) >= 11 is 0. The summed E-state index contributed by atoms with van der Waals surface area (Å²) in [7, 11) is 2.85. The Hall–Kier alpha value is -2.77. The number of hydrogen-bond donors (Lipinski definition) is 2. The fourth-order valence-electron chi connectivity index (χ4n) is 5.95. The van der Waals surface area contributed by atoms with Crippen molar-refractivity contribution in [2.24, 2.45) is 17.8 Å². The van der Waals surface area contributed by atoms with Crippen LogP contribution < -0.4 is 20.1 Å². The van der Waals surface area contributed by atoms with Gasteiger partial charge in [0.2, 0.25) is 0 Å². The maximum Gasteiger partial charge on any atom is 0.346 e. The molecule has 4 aliphatic carbocycles. The summed E-state index contributed by atoms with van der Waals surface area (Å²) in [5.41, 5.74) is -0.103. The lowest BCUT2D eigenvalue weighted by Crippen LogP contribution is -2.62. The maximum atomic E-state index is 12.4. The Labute approximate surface area is 175 Å². The minimum Gasteiger partial charge on any atom is -0.496 e. The van der Waals surface area contributed by atoms with Gasteiger partial charge in [-0.15, -0.1) is 0 Å². The second-order valence-corrected chi connectivity index (χ2v) is 8.81. The SMILES string of the molecule is COc1cccc(OC)c1C(=O)OCC(=O)NC(=O)NC12CC3CC(CC(C3)C1)C2. The number of carbonyl (C=O) groups excluding carboxylic acids is 3. The minimum atomic E-state index is -0.763. The van der Waals surface area contributed by atoms with Crippen LogP contribution in [0.1, 0.15) is 48.9 Å². The van der Waals surface area contributed by atoms with Crippen LogP contribution in [0.2, 0.25) is 0 Å². The second kappa shape index (κ2) is 8.16. The summed E-state index contributed by atoms with van der Waals surface area (Å²) in [6.45, 7) is -0.575. The number of nitrogens with one attached hydrogen (secondary N) is 2. The van der Waals surface area contributed by atoms with Gasteiger partial charge in [0, 0.05) is 5.54 Å². The van der Waals surface area contributed by atoms with Crippen molar-refractivity contribution in [3.8, 4) is 11.5 Å². The average Bonchev–Trinajstić information content (AvgIpc) is 2.69. The lowest BCUT2D eigenvalue weighted by Gasteiger charge is -2.56. The molecule has 0 saturated heterocycles. The molecule has 0 unspecified atom stereocenters. The molecule has 4 fully saturated rings. The zero-order chi connectivity index (χ0) is 21.3. The van der Waals surface area contributed by atoms with Crippen molar-refractivity contribution in [3.63, 3.8) is 0 Å². The predicted molar refractivity (Wildman–Crippen MR) is 107 cm³/mol. The van der Waals surface area contributed by atoms with E-state index in [0.717, 1.165) is 19.3 Å². The lowest BCUT2D eigenvalue weighted by molar-refractivity contribution is -0.123. The molecule has 162 valence electrons. The van der Waals surface area contributed by atoms with Crippen LogP contribution >= 0.6 is 0 Å². The predicted octanol–water partition coefficient (Wildman–Crippen LogP) is 2.66. The number of benzene rings is 1. The van der Waals surface area contributed by atoms with Crippen molar-refractivity contribution in [3.05, 3.63) is 23.8 Å². The van der Waals surface area contributed by atoms with Gasteiger partial charge in [-0.05, 0) is 68.4 Å². The number of urea groups is 1. The Bertz CT molecular complexity index is 794. The number of rotatable bonds is 6. The van der Waals surface area contributed by atoms with Gasteiger partial charge in [-0.1, -0.05) is 6.07 Å². The number of ether oxygens (including phenoxy) is 3. The van der Waals surface area contributed by atoms with E-state index in [1.807, 2.05) is 0 Å². The number of esters is 1. The molecule has 8 heteroatoms. The van der Waals surface area contributed by atoms with E-state index in [4.69, 9.17) is 14.2 Å². The van der Waals surface area contributed by atoms with Crippen LogP contribution in [-0.2, 0) is 9.53 Å². The summed E-state index contributed by atoms with van der Waals surface area (Å²) in [5, 5.41) is 5.35. The van der Waals surface area contributed by atoms with Crippen LogP contribution in [0.4, 0.5) is 4.79 Å². The van der Waals surface area contributed by atoms with E-state index >= 15 is 0 Å². The number of carbonyl (C=O) groups is 3. The summed E-state index contributed by atoms with van der Waals surface area (Å²) in [6.07, 6.45) is 6.77. The molecule has 0 radical (unpaired) electrons. The third-order valence-electron chi connectivity index (χ3n) is 6.64. The Morgan fingerprint density at radius 1 is 0.967 bits per heavy atom. The van der Waals surface area contributed by atoms with Gasteiger partial charge in [0.25, 0.3) is 5.91 Å². The molecular weight excluding hydrogens is 388 g/mol. The Balaban J connectivity index is 1.30. The topological polar surface area (TPSA) is 103 Å². The standard InChI is InChI=1S/C22H28N2O6/c1-28-16-4-3-5-17(29-2)19(16)20(26)30-12-18(25)23-21(27)24-22-9-13-6-14(10-22)8-15(7-13)11-22/h3-5,13-15H,6-12H2,1-2H3,(H2,23,24,25,27). The van der Waals surface area contributed by atoms with Gasteiger partial charge in [-0.2, -0.15) is 0 Å². The van der Waals surface area contributed by atoms with Crippen molar-refractivity contribution >= 4 is 17.9 Å². The third-order valence-corrected chi connectivity index (χ3v) is 6.64. The van der Waals surface area contributed by atoms with E-state index in [-0.39, 0.29) is 22.6 Å². The molecule has 0 aliphatic heterocycles. The number of imide groups is 1. The van der Waals surface area contributed by atoms with Crippen molar-refractivity contribution < 1.29 is 28.6 Å². The van der Waals surface area contributed by atoms with E-state index in [0.29, 0.717) is 17.8 Å². The molecule has 2 N–H and O–H groups in total. The van der Waals surface area contributed by atoms with Gasteiger partial charge in [-0.25, -0.2) is 9.59 Å². The summed E-state index contributed by atoms with van der Waals surface area (Å²) in [6, 6.07) is 4.35. The highest BCUT2D eigenvalue weighted by molar-refractivity contribution is 5.99. The molecule has 8 nitrogen and oxygen atoms in total. The molecular formula is C22H28N2O6. The zero-order valence-electron chi connectivity index (χ0n) is 17.4. The number of methoxy groups -OCH3 is 2. The molecule has 4 bridgehead atoms. The van der Waals surface area contributed by atoms with Crippen LogP contribution in [0, 0.1) is 17.8 Å². The van der Waals surface area contributed by atoms with Crippen LogP contribution in [0.3, 0.4) is 0 Å². The first kappa shape index (κ1) is 20.5. The van der Waals surface area contributed by atoms with Crippen molar-refractivity contribution in [1.29, 1.82) is 0 Å². The van der Waals surface area contributed by atoms with Crippen LogP contribution in [0.15, 0.2) is 18.2 Å². The van der Waals surface area contributed by atoms with E-state index in [2.05, 4.69) is 10.6 Å². The Kier molecular flexibility index (Phi) is 5.58. The second-order valence-electron chi connectivity index (χ2n) is 8.81. The molecule has 0 atom stereocenters. The zero-order valence-corrected chi connectivity index (χ0v) is 17.4. The highest BCUT2D eigenvalue weighted by atomic mass is 16.5. The Morgan fingerprint density at radius 2 is 1.50 bits per heavy atom. The molecule has 1 aromatic rings. The first-order valence-corrected chi connectivity index (χ1v) is 10.4. The molecule has 4 aliphatic rings. The van der Waals surface area contributed by atoms with Gasteiger partial charge in [-0.3, -0.25) is 10.1 Å².